The molecule has 3 nitrogen and oxygen atoms in total. The van der Waals surface area contributed by atoms with Crippen molar-refractivity contribution in [2.45, 2.75) is 24.9 Å². The normalized spacial score (nSPS) is 16.1. The third-order valence-corrected chi connectivity index (χ3v) is 5.35. The molecule has 1 aliphatic rings. The zero-order valence-electron chi connectivity index (χ0n) is 10.8. The topological polar surface area (TPSA) is 41.1 Å². The van der Waals surface area contributed by atoms with Crippen LogP contribution in [0.25, 0.3) is 0 Å². The number of carbonyl (C=O) groups is 1. The second kappa shape index (κ2) is 6.26. The first kappa shape index (κ1) is 14.1. The summed E-state index contributed by atoms with van der Waals surface area (Å²) in [4.78, 5) is 14.1. The molecule has 0 aliphatic heterocycles. The molecule has 1 amide bonds. The van der Waals surface area contributed by atoms with Crippen molar-refractivity contribution >= 4 is 40.2 Å². The first-order valence-electron chi connectivity index (χ1n) is 6.54. The van der Waals surface area contributed by atoms with Crippen molar-refractivity contribution < 1.29 is 4.79 Å². The molecule has 2 aromatic heterocycles. The fourth-order valence-corrected chi connectivity index (χ4v) is 4.03. The van der Waals surface area contributed by atoms with Gasteiger partial charge in [-0.3, -0.25) is 10.1 Å². The Labute approximate surface area is 131 Å². The molecule has 0 aromatic carbocycles. The molecule has 1 saturated carbocycles. The number of hydrogen-bond donors (Lipinski definition) is 2. The van der Waals surface area contributed by atoms with E-state index in [0.29, 0.717) is 12.6 Å². The number of thiophene rings is 2. The van der Waals surface area contributed by atoms with Crippen LogP contribution in [0.5, 0.6) is 0 Å². The lowest BCUT2D eigenvalue weighted by atomic mass is 10.2. The summed E-state index contributed by atoms with van der Waals surface area (Å²) in [6, 6.07) is 8.46. The molecule has 1 unspecified atom stereocenters. The number of halogens is 1. The lowest BCUT2D eigenvalue weighted by Gasteiger charge is -2.16. The molecule has 1 atom stereocenters. The van der Waals surface area contributed by atoms with Crippen LogP contribution in [-0.4, -0.2) is 18.5 Å². The van der Waals surface area contributed by atoms with Gasteiger partial charge in [-0.2, -0.15) is 0 Å². The van der Waals surface area contributed by atoms with Crippen molar-refractivity contribution in [2.24, 2.45) is 0 Å². The molecule has 2 heterocycles. The molecule has 0 radical (unpaired) electrons. The SMILES string of the molecule is O=C(CNC(c1cccs1)c1ccc(Cl)s1)NC1CC1. The van der Waals surface area contributed by atoms with Gasteiger partial charge in [-0.1, -0.05) is 17.7 Å². The summed E-state index contributed by atoms with van der Waals surface area (Å²) in [5.74, 6) is 0.0664. The van der Waals surface area contributed by atoms with Crippen LogP contribution in [0.3, 0.4) is 0 Å². The van der Waals surface area contributed by atoms with E-state index in [1.807, 2.05) is 23.6 Å². The van der Waals surface area contributed by atoms with Crippen LogP contribution in [0.4, 0.5) is 0 Å². The summed E-state index contributed by atoms with van der Waals surface area (Å²) in [7, 11) is 0. The molecule has 2 N–H and O–H groups in total. The first-order valence-corrected chi connectivity index (χ1v) is 8.61. The highest BCUT2D eigenvalue weighted by Gasteiger charge is 2.24. The highest BCUT2D eigenvalue weighted by Crippen LogP contribution is 2.32. The van der Waals surface area contributed by atoms with Gasteiger partial charge in [0, 0.05) is 15.8 Å². The zero-order chi connectivity index (χ0) is 13.9. The smallest absolute Gasteiger partial charge is 0.234 e. The van der Waals surface area contributed by atoms with E-state index in [0.717, 1.165) is 22.1 Å². The second-order valence-electron chi connectivity index (χ2n) is 4.81. The van der Waals surface area contributed by atoms with Crippen LogP contribution in [0.1, 0.15) is 28.6 Å². The van der Waals surface area contributed by atoms with Crippen LogP contribution >= 0.6 is 34.3 Å². The van der Waals surface area contributed by atoms with Crippen molar-refractivity contribution in [3.63, 3.8) is 0 Å². The van der Waals surface area contributed by atoms with Crippen LogP contribution < -0.4 is 10.6 Å². The Morgan fingerprint density at radius 3 is 2.80 bits per heavy atom. The van der Waals surface area contributed by atoms with Crippen LogP contribution in [-0.2, 0) is 4.79 Å². The van der Waals surface area contributed by atoms with Crippen LogP contribution in [0.15, 0.2) is 29.6 Å². The van der Waals surface area contributed by atoms with Gasteiger partial charge in [-0.05, 0) is 36.4 Å². The Balaban J connectivity index is 1.67. The van der Waals surface area contributed by atoms with E-state index in [1.165, 1.54) is 4.88 Å². The maximum absolute atomic E-state index is 11.8. The Morgan fingerprint density at radius 2 is 2.20 bits per heavy atom. The molecular formula is C14H15ClN2OS2. The van der Waals surface area contributed by atoms with Gasteiger partial charge in [0.15, 0.2) is 0 Å². The number of amides is 1. The van der Waals surface area contributed by atoms with Crippen molar-refractivity contribution in [2.75, 3.05) is 6.54 Å². The zero-order valence-corrected chi connectivity index (χ0v) is 13.2. The van der Waals surface area contributed by atoms with E-state index in [2.05, 4.69) is 16.7 Å². The van der Waals surface area contributed by atoms with E-state index < -0.39 is 0 Å². The lowest BCUT2D eigenvalue weighted by Crippen LogP contribution is -2.36. The predicted octanol–water partition coefficient (Wildman–Crippen LogP) is 3.42. The quantitative estimate of drug-likeness (QED) is 0.854. The highest BCUT2D eigenvalue weighted by molar-refractivity contribution is 7.16. The van der Waals surface area contributed by atoms with Gasteiger partial charge in [0.2, 0.25) is 5.91 Å². The molecule has 0 saturated heterocycles. The van der Waals surface area contributed by atoms with Crippen molar-refractivity contribution in [3.8, 4) is 0 Å². The first-order chi connectivity index (χ1) is 9.72. The summed E-state index contributed by atoms with van der Waals surface area (Å²) in [6.07, 6.45) is 2.22. The molecule has 0 bridgehead atoms. The van der Waals surface area contributed by atoms with E-state index in [-0.39, 0.29) is 11.9 Å². The van der Waals surface area contributed by atoms with Crippen LogP contribution in [0.2, 0.25) is 4.34 Å². The molecule has 1 fully saturated rings. The van der Waals surface area contributed by atoms with E-state index in [9.17, 15) is 4.79 Å². The summed E-state index contributed by atoms with van der Waals surface area (Å²) < 4.78 is 0.769. The molecular weight excluding hydrogens is 312 g/mol. The lowest BCUT2D eigenvalue weighted by molar-refractivity contribution is -0.120. The van der Waals surface area contributed by atoms with E-state index in [1.54, 1.807) is 22.7 Å². The number of carbonyl (C=O) groups excluding carboxylic acids is 1. The summed E-state index contributed by atoms with van der Waals surface area (Å²) >= 11 is 9.25. The highest BCUT2D eigenvalue weighted by atomic mass is 35.5. The Kier molecular flexibility index (Phi) is 4.41. The predicted molar refractivity (Wildman–Crippen MR) is 84.7 cm³/mol. The van der Waals surface area contributed by atoms with Gasteiger partial charge < -0.3 is 5.32 Å². The van der Waals surface area contributed by atoms with Crippen molar-refractivity contribution in [3.05, 3.63) is 43.7 Å². The molecule has 106 valence electrons. The fourth-order valence-electron chi connectivity index (χ4n) is 1.98. The van der Waals surface area contributed by atoms with Gasteiger partial charge in [-0.15, -0.1) is 22.7 Å². The summed E-state index contributed by atoms with van der Waals surface area (Å²) in [5, 5.41) is 8.37. The Bertz CT molecular complexity index is 578. The third kappa shape index (κ3) is 3.61. The fraction of sp³-hybridized carbons (Fsp3) is 0.357. The van der Waals surface area contributed by atoms with Gasteiger partial charge in [0.25, 0.3) is 0 Å². The van der Waals surface area contributed by atoms with E-state index >= 15 is 0 Å². The third-order valence-electron chi connectivity index (χ3n) is 3.12. The van der Waals surface area contributed by atoms with Gasteiger partial charge in [0.1, 0.15) is 0 Å². The van der Waals surface area contributed by atoms with Gasteiger partial charge in [0.05, 0.1) is 16.9 Å². The minimum Gasteiger partial charge on any atom is -0.352 e. The Hall–Kier alpha value is -0.880. The molecule has 3 rings (SSSR count). The summed E-state index contributed by atoms with van der Waals surface area (Å²) in [5.41, 5.74) is 0. The van der Waals surface area contributed by atoms with E-state index in [4.69, 9.17) is 11.6 Å². The largest absolute Gasteiger partial charge is 0.352 e. The van der Waals surface area contributed by atoms with Crippen LogP contribution in [0, 0.1) is 0 Å². The average Bonchev–Trinajstić information content (AvgIpc) is 2.91. The van der Waals surface area contributed by atoms with Gasteiger partial charge >= 0.3 is 0 Å². The molecule has 2 aromatic rings. The summed E-state index contributed by atoms with van der Waals surface area (Å²) in [6.45, 7) is 0.328. The molecule has 20 heavy (non-hydrogen) atoms. The monoisotopic (exact) mass is 326 g/mol. The van der Waals surface area contributed by atoms with Crippen molar-refractivity contribution in [1.82, 2.24) is 10.6 Å². The van der Waals surface area contributed by atoms with Gasteiger partial charge in [-0.25, -0.2) is 0 Å². The Morgan fingerprint density at radius 1 is 1.35 bits per heavy atom. The standard InChI is InChI=1S/C14H15ClN2OS2/c15-12-6-5-11(20-12)14(10-2-1-7-19-10)16-8-13(18)17-9-3-4-9/h1-2,5-7,9,14,16H,3-4,8H2,(H,17,18). The number of nitrogens with one attached hydrogen (secondary N) is 2. The molecule has 1 aliphatic carbocycles. The second-order valence-corrected chi connectivity index (χ2v) is 7.54. The maximum Gasteiger partial charge on any atom is 0.234 e. The minimum atomic E-state index is 0.0393. The minimum absolute atomic E-state index is 0.0393. The number of hydrogen-bond acceptors (Lipinski definition) is 4. The molecule has 6 heteroatoms. The maximum atomic E-state index is 11.8. The van der Waals surface area contributed by atoms with Crippen molar-refractivity contribution in [1.29, 1.82) is 0 Å². The molecule has 0 spiro atoms. The average molecular weight is 327 g/mol. The number of rotatable bonds is 6.